The molecule has 0 aliphatic carbocycles. The maximum Gasteiger partial charge on any atom is 0.312 e. The van der Waals surface area contributed by atoms with E-state index in [4.69, 9.17) is 19.4 Å². The van der Waals surface area contributed by atoms with E-state index in [1.165, 1.54) is 0 Å². The van der Waals surface area contributed by atoms with Crippen LogP contribution in [0, 0.1) is 5.41 Å². The average molecular weight is 421 g/mol. The van der Waals surface area contributed by atoms with Gasteiger partial charge in [0.15, 0.2) is 0 Å². The first-order valence-electron chi connectivity index (χ1n) is 10.3. The fourth-order valence-corrected chi connectivity index (χ4v) is 4.10. The van der Waals surface area contributed by atoms with E-state index in [0.717, 1.165) is 24.3 Å². The van der Waals surface area contributed by atoms with E-state index >= 15 is 0 Å². The van der Waals surface area contributed by atoms with Crippen molar-refractivity contribution in [2.75, 3.05) is 40.3 Å². The number of esters is 1. The topological polar surface area (TPSA) is 96.4 Å². The molecule has 2 heterocycles. The highest BCUT2D eigenvalue weighted by Gasteiger charge is 2.50. The number of piperidine rings is 1. The molecule has 2 saturated heterocycles. The van der Waals surface area contributed by atoms with Crippen LogP contribution in [-0.4, -0.2) is 79.7 Å². The summed E-state index contributed by atoms with van der Waals surface area (Å²) < 4.78 is 11.0. The second kappa shape index (κ2) is 11.0. The van der Waals surface area contributed by atoms with E-state index in [9.17, 15) is 9.59 Å². The average Bonchev–Trinajstić information content (AvgIpc) is 2.98. The third kappa shape index (κ3) is 6.19. The second-order valence-electron chi connectivity index (χ2n) is 8.01. The zero-order valence-electron chi connectivity index (χ0n) is 18.0. The van der Waals surface area contributed by atoms with Crippen LogP contribution in [-0.2, 0) is 25.5 Å². The van der Waals surface area contributed by atoms with Gasteiger partial charge in [0.1, 0.15) is 11.9 Å². The standard InChI is InChI=1S/C21H30N2O4.CH2O2/c1-4-26-17-7-5-16(6-8-17)13-19(24)23-11-9-21(10-12-23)14-18(15-22(2)3)27-20(21)25;2-1-3/h5-8,18H,4,9-15H2,1-3H3;1H,(H,2,3). The molecule has 1 aromatic rings. The minimum Gasteiger partial charge on any atom is -0.494 e. The Hall–Kier alpha value is -2.61. The highest BCUT2D eigenvalue weighted by Crippen LogP contribution is 2.43. The van der Waals surface area contributed by atoms with Crippen molar-refractivity contribution in [2.45, 2.75) is 38.7 Å². The number of nitrogens with zero attached hydrogens (tertiary/aromatic N) is 2. The van der Waals surface area contributed by atoms with E-state index in [1.54, 1.807) is 0 Å². The van der Waals surface area contributed by atoms with E-state index < -0.39 is 5.41 Å². The van der Waals surface area contributed by atoms with Crippen molar-refractivity contribution in [3.63, 3.8) is 0 Å². The molecule has 0 radical (unpaired) electrons. The number of cyclic esters (lactones) is 1. The molecule has 0 bridgehead atoms. The summed E-state index contributed by atoms with van der Waals surface area (Å²) in [4.78, 5) is 37.4. The molecule has 1 amide bonds. The van der Waals surface area contributed by atoms with Crippen molar-refractivity contribution >= 4 is 18.3 Å². The molecule has 1 spiro atoms. The largest absolute Gasteiger partial charge is 0.494 e. The van der Waals surface area contributed by atoms with Crippen molar-refractivity contribution < 1.29 is 29.0 Å². The molecule has 2 fully saturated rings. The van der Waals surface area contributed by atoms with Gasteiger partial charge in [0.25, 0.3) is 6.47 Å². The van der Waals surface area contributed by atoms with Gasteiger partial charge in [-0.25, -0.2) is 0 Å². The number of carboxylic acid groups (broad SMARTS) is 1. The van der Waals surface area contributed by atoms with E-state index in [1.807, 2.05) is 55.1 Å². The quantitative estimate of drug-likeness (QED) is 0.554. The number of rotatable bonds is 6. The highest BCUT2D eigenvalue weighted by molar-refractivity contribution is 5.81. The number of likely N-dealkylation sites (N-methyl/N-ethyl adjacent to an activating group) is 1. The van der Waals surface area contributed by atoms with Crippen molar-refractivity contribution in [3.8, 4) is 5.75 Å². The van der Waals surface area contributed by atoms with Crippen molar-refractivity contribution in [1.82, 2.24) is 9.80 Å². The van der Waals surface area contributed by atoms with Gasteiger partial charge in [0.2, 0.25) is 5.91 Å². The summed E-state index contributed by atoms with van der Waals surface area (Å²) in [6.07, 6.45) is 2.52. The second-order valence-corrected chi connectivity index (χ2v) is 8.01. The van der Waals surface area contributed by atoms with Crippen LogP contribution < -0.4 is 4.74 Å². The molecular weight excluding hydrogens is 388 g/mol. The Balaban J connectivity index is 0.00000101. The molecule has 1 unspecified atom stereocenters. The first-order chi connectivity index (χ1) is 14.3. The highest BCUT2D eigenvalue weighted by atomic mass is 16.6. The maximum atomic E-state index is 12.6. The molecule has 8 heteroatoms. The first kappa shape index (κ1) is 23.7. The van der Waals surface area contributed by atoms with Crippen molar-refractivity contribution in [2.24, 2.45) is 5.41 Å². The molecular formula is C22H32N2O6. The number of likely N-dealkylation sites (tertiary alicyclic amines) is 1. The van der Waals surface area contributed by atoms with E-state index in [2.05, 4.69) is 0 Å². The fraction of sp³-hybridized carbons (Fsp3) is 0.591. The Morgan fingerprint density at radius 1 is 1.30 bits per heavy atom. The van der Waals surface area contributed by atoms with Gasteiger partial charge in [0.05, 0.1) is 18.4 Å². The molecule has 166 valence electrons. The summed E-state index contributed by atoms with van der Waals surface area (Å²) in [5, 5.41) is 6.89. The van der Waals surface area contributed by atoms with Crippen LogP contribution in [0.5, 0.6) is 5.75 Å². The van der Waals surface area contributed by atoms with Gasteiger partial charge in [0, 0.05) is 26.1 Å². The van der Waals surface area contributed by atoms with Crippen LogP contribution in [0.3, 0.4) is 0 Å². The number of amides is 1. The van der Waals surface area contributed by atoms with Crippen LogP contribution in [0.4, 0.5) is 0 Å². The predicted molar refractivity (Wildman–Crippen MR) is 111 cm³/mol. The Kier molecular flexibility index (Phi) is 8.65. The molecule has 1 N–H and O–H groups in total. The summed E-state index contributed by atoms with van der Waals surface area (Å²) >= 11 is 0. The SMILES string of the molecule is CCOc1ccc(CC(=O)N2CCC3(CC2)CC(CN(C)C)OC3=O)cc1.O=CO. The predicted octanol–water partition coefficient (Wildman–Crippen LogP) is 1.81. The van der Waals surface area contributed by atoms with Crippen LogP contribution in [0.25, 0.3) is 0 Å². The minimum absolute atomic E-state index is 0.0291. The maximum absolute atomic E-state index is 12.6. The summed E-state index contributed by atoms with van der Waals surface area (Å²) in [7, 11) is 3.97. The summed E-state index contributed by atoms with van der Waals surface area (Å²) in [6.45, 7) is 4.34. The number of carbonyl (C=O) groups is 3. The lowest BCUT2D eigenvalue weighted by atomic mass is 9.76. The summed E-state index contributed by atoms with van der Waals surface area (Å²) in [6, 6.07) is 7.68. The minimum atomic E-state index is -0.392. The first-order valence-corrected chi connectivity index (χ1v) is 10.3. The molecule has 1 atom stereocenters. The number of hydrogen-bond donors (Lipinski definition) is 1. The lowest BCUT2D eigenvalue weighted by Crippen LogP contribution is -2.45. The summed E-state index contributed by atoms with van der Waals surface area (Å²) in [5.74, 6) is 0.860. The van der Waals surface area contributed by atoms with E-state index in [0.29, 0.717) is 39.0 Å². The number of carbonyl (C=O) groups excluding carboxylic acids is 2. The van der Waals surface area contributed by atoms with Gasteiger partial charge in [-0.3, -0.25) is 14.4 Å². The van der Waals surface area contributed by atoms with Crippen molar-refractivity contribution in [1.29, 1.82) is 0 Å². The fourth-order valence-electron chi connectivity index (χ4n) is 4.10. The van der Waals surface area contributed by atoms with Gasteiger partial charge in [-0.2, -0.15) is 0 Å². The van der Waals surface area contributed by atoms with Gasteiger partial charge in [-0.05, 0) is 51.6 Å². The van der Waals surface area contributed by atoms with Gasteiger partial charge in [-0.15, -0.1) is 0 Å². The normalized spacial score (nSPS) is 19.8. The van der Waals surface area contributed by atoms with Crippen LogP contribution in [0.2, 0.25) is 0 Å². The Morgan fingerprint density at radius 2 is 1.90 bits per heavy atom. The van der Waals surface area contributed by atoms with Gasteiger partial charge < -0.3 is 24.4 Å². The monoisotopic (exact) mass is 420 g/mol. The summed E-state index contributed by atoms with van der Waals surface area (Å²) in [5.41, 5.74) is 0.589. The molecule has 3 rings (SSSR count). The zero-order chi connectivity index (χ0) is 22.1. The Labute approximate surface area is 177 Å². The van der Waals surface area contributed by atoms with Crippen LogP contribution >= 0.6 is 0 Å². The van der Waals surface area contributed by atoms with Crippen LogP contribution in [0.15, 0.2) is 24.3 Å². The van der Waals surface area contributed by atoms with Crippen LogP contribution in [0.1, 0.15) is 31.7 Å². The van der Waals surface area contributed by atoms with Gasteiger partial charge >= 0.3 is 5.97 Å². The molecule has 0 saturated carbocycles. The number of hydrogen-bond acceptors (Lipinski definition) is 6. The lowest BCUT2D eigenvalue weighted by molar-refractivity contribution is -0.152. The molecule has 1 aromatic carbocycles. The number of ether oxygens (including phenoxy) is 2. The Morgan fingerprint density at radius 3 is 2.43 bits per heavy atom. The third-order valence-corrected chi connectivity index (χ3v) is 5.56. The van der Waals surface area contributed by atoms with Crippen molar-refractivity contribution in [3.05, 3.63) is 29.8 Å². The number of benzene rings is 1. The molecule has 8 nitrogen and oxygen atoms in total. The molecule has 0 aromatic heterocycles. The molecule has 2 aliphatic rings. The molecule has 2 aliphatic heterocycles. The Bertz CT molecular complexity index is 711. The van der Waals surface area contributed by atoms with E-state index in [-0.39, 0.29) is 24.5 Å². The van der Waals surface area contributed by atoms with Gasteiger partial charge in [-0.1, -0.05) is 12.1 Å². The third-order valence-electron chi connectivity index (χ3n) is 5.56. The molecule has 30 heavy (non-hydrogen) atoms. The smallest absolute Gasteiger partial charge is 0.312 e. The lowest BCUT2D eigenvalue weighted by Gasteiger charge is -2.36. The zero-order valence-corrected chi connectivity index (χ0v) is 18.0.